The summed E-state index contributed by atoms with van der Waals surface area (Å²) < 4.78 is 0. The van der Waals surface area contributed by atoms with Crippen molar-refractivity contribution in [2.45, 2.75) is 30.3 Å². The number of nitrogens with two attached hydrogens (primary N) is 1. The zero-order chi connectivity index (χ0) is 7.41. The monoisotopic (exact) mass is 178 g/mol. The van der Waals surface area contributed by atoms with Crippen molar-refractivity contribution in [2.24, 2.45) is 5.73 Å². The minimum absolute atomic E-state index is 0. The molecule has 0 aromatic heterocycles. The Morgan fingerprint density at radius 2 is 1.91 bits per heavy atom. The molecule has 0 spiro atoms. The van der Waals surface area contributed by atoms with Crippen LogP contribution in [0.4, 0.5) is 4.79 Å². The summed E-state index contributed by atoms with van der Waals surface area (Å²) in [6, 6.07) is 0. The van der Waals surface area contributed by atoms with Crippen LogP contribution in [0.5, 0.6) is 0 Å². The summed E-state index contributed by atoms with van der Waals surface area (Å²) in [5.41, 5.74) is 5.58. The van der Waals surface area contributed by atoms with E-state index in [0.29, 0.717) is 0 Å². The van der Waals surface area contributed by atoms with Gasteiger partial charge in [-0.3, -0.25) is 0 Å². The standard InChI is InChI=1S/C6H10N2O2.ClH/c7-5-1-6(2-5,3-5)8-4(9)10;/h8H,1-3,7H2,(H,9,10);1H. The van der Waals surface area contributed by atoms with E-state index in [1.807, 2.05) is 0 Å². The molecular formula is C6H11ClN2O2. The summed E-state index contributed by atoms with van der Waals surface area (Å²) >= 11 is 0. The van der Waals surface area contributed by atoms with Gasteiger partial charge in [0.15, 0.2) is 0 Å². The lowest BCUT2D eigenvalue weighted by Crippen LogP contribution is -2.82. The minimum Gasteiger partial charge on any atom is -0.465 e. The number of hydrogen-bond acceptors (Lipinski definition) is 2. The highest BCUT2D eigenvalue weighted by molar-refractivity contribution is 5.85. The lowest BCUT2D eigenvalue weighted by atomic mass is 9.45. The van der Waals surface area contributed by atoms with Crippen LogP contribution >= 0.6 is 12.4 Å². The molecule has 4 nitrogen and oxygen atoms in total. The first-order valence-corrected chi connectivity index (χ1v) is 3.34. The Kier molecular flexibility index (Phi) is 1.58. The van der Waals surface area contributed by atoms with E-state index in [-0.39, 0.29) is 23.5 Å². The molecule has 2 bridgehead atoms. The van der Waals surface area contributed by atoms with Gasteiger partial charge in [0.05, 0.1) is 0 Å². The minimum atomic E-state index is -0.929. The van der Waals surface area contributed by atoms with Crippen LogP contribution in [0.15, 0.2) is 0 Å². The number of amides is 1. The highest BCUT2D eigenvalue weighted by Crippen LogP contribution is 2.58. The van der Waals surface area contributed by atoms with Gasteiger partial charge in [0, 0.05) is 11.1 Å². The molecule has 0 heterocycles. The summed E-state index contributed by atoms with van der Waals surface area (Å²) in [5, 5.41) is 10.9. The molecule has 0 atom stereocenters. The van der Waals surface area contributed by atoms with Crippen molar-refractivity contribution in [2.75, 3.05) is 0 Å². The van der Waals surface area contributed by atoms with Gasteiger partial charge >= 0.3 is 6.09 Å². The first kappa shape index (κ1) is 8.62. The highest BCUT2D eigenvalue weighted by Gasteiger charge is 2.66. The molecule has 0 unspecified atom stereocenters. The first-order valence-electron chi connectivity index (χ1n) is 3.34. The predicted molar refractivity (Wildman–Crippen MR) is 41.9 cm³/mol. The van der Waals surface area contributed by atoms with Crippen molar-refractivity contribution in [3.8, 4) is 0 Å². The van der Waals surface area contributed by atoms with Crippen molar-refractivity contribution < 1.29 is 9.90 Å². The second-order valence-electron chi connectivity index (χ2n) is 3.60. The number of hydrogen-bond donors (Lipinski definition) is 3. The lowest BCUT2D eigenvalue weighted by molar-refractivity contribution is -0.0725. The van der Waals surface area contributed by atoms with Crippen molar-refractivity contribution in [3.63, 3.8) is 0 Å². The van der Waals surface area contributed by atoms with Crippen molar-refractivity contribution >= 4 is 18.5 Å². The van der Waals surface area contributed by atoms with Gasteiger partial charge in [0.1, 0.15) is 0 Å². The molecule has 11 heavy (non-hydrogen) atoms. The molecule has 5 heteroatoms. The molecule has 0 aliphatic heterocycles. The highest BCUT2D eigenvalue weighted by atomic mass is 35.5. The fourth-order valence-electron chi connectivity index (χ4n) is 2.23. The summed E-state index contributed by atoms with van der Waals surface area (Å²) in [6.07, 6.45) is 1.55. The average molecular weight is 179 g/mol. The Labute approximate surface area is 70.6 Å². The summed E-state index contributed by atoms with van der Waals surface area (Å²) in [6.45, 7) is 0. The summed E-state index contributed by atoms with van der Waals surface area (Å²) in [5.74, 6) is 0. The number of carboxylic acid groups (broad SMARTS) is 1. The van der Waals surface area contributed by atoms with Gasteiger partial charge in [-0.15, -0.1) is 12.4 Å². The summed E-state index contributed by atoms with van der Waals surface area (Å²) in [7, 11) is 0. The molecule has 4 N–H and O–H groups in total. The largest absolute Gasteiger partial charge is 0.465 e. The SMILES string of the molecule is Cl.NC12CC(NC(=O)O)(C1)C2. The van der Waals surface area contributed by atoms with Crippen LogP contribution in [0.1, 0.15) is 19.3 Å². The van der Waals surface area contributed by atoms with Crippen molar-refractivity contribution in [1.82, 2.24) is 5.32 Å². The Balaban J connectivity index is 0.000000605. The van der Waals surface area contributed by atoms with Gasteiger partial charge in [-0.2, -0.15) is 0 Å². The fraction of sp³-hybridized carbons (Fsp3) is 0.833. The Morgan fingerprint density at radius 3 is 2.18 bits per heavy atom. The van der Waals surface area contributed by atoms with E-state index in [2.05, 4.69) is 5.32 Å². The molecule has 0 radical (unpaired) electrons. The molecule has 3 fully saturated rings. The number of carbonyl (C=O) groups is 1. The van der Waals surface area contributed by atoms with Gasteiger partial charge < -0.3 is 16.2 Å². The number of nitrogens with one attached hydrogen (secondary N) is 1. The van der Waals surface area contributed by atoms with Crippen LogP contribution in [-0.4, -0.2) is 22.3 Å². The second-order valence-corrected chi connectivity index (χ2v) is 3.60. The van der Waals surface area contributed by atoms with Crippen molar-refractivity contribution in [1.29, 1.82) is 0 Å². The zero-order valence-electron chi connectivity index (χ0n) is 5.96. The maximum atomic E-state index is 10.2. The van der Waals surface area contributed by atoms with Gasteiger partial charge in [-0.1, -0.05) is 0 Å². The molecule has 3 aliphatic carbocycles. The van der Waals surface area contributed by atoms with E-state index >= 15 is 0 Å². The molecule has 64 valence electrons. The molecular weight excluding hydrogens is 168 g/mol. The number of halogens is 1. The van der Waals surface area contributed by atoms with Crippen molar-refractivity contribution in [3.05, 3.63) is 0 Å². The van der Waals surface area contributed by atoms with E-state index in [1.54, 1.807) is 0 Å². The quantitative estimate of drug-likeness (QED) is 0.541. The van der Waals surface area contributed by atoms with Crippen LogP contribution < -0.4 is 11.1 Å². The maximum absolute atomic E-state index is 10.2. The second kappa shape index (κ2) is 2.01. The van der Waals surface area contributed by atoms with E-state index in [0.717, 1.165) is 19.3 Å². The molecule has 0 aromatic rings. The van der Waals surface area contributed by atoms with Crippen LogP contribution in [0.2, 0.25) is 0 Å². The molecule has 3 rings (SSSR count). The Hall–Kier alpha value is -0.480. The smallest absolute Gasteiger partial charge is 0.405 e. The van der Waals surface area contributed by atoms with E-state index in [9.17, 15) is 4.79 Å². The third kappa shape index (κ3) is 1.06. The van der Waals surface area contributed by atoms with E-state index in [4.69, 9.17) is 10.8 Å². The van der Waals surface area contributed by atoms with Crippen LogP contribution in [-0.2, 0) is 0 Å². The maximum Gasteiger partial charge on any atom is 0.405 e. The van der Waals surface area contributed by atoms with Crippen LogP contribution in [0, 0.1) is 0 Å². The molecule has 1 amide bonds. The van der Waals surface area contributed by atoms with Crippen LogP contribution in [0.25, 0.3) is 0 Å². The van der Waals surface area contributed by atoms with Gasteiger partial charge in [0.2, 0.25) is 0 Å². The third-order valence-electron chi connectivity index (χ3n) is 2.44. The lowest BCUT2D eigenvalue weighted by Gasteiger charge is -2.68. The topological polar surface area (TPSA) is 75.3 Å². The zero-order valence-corrected chi connectivity index (χ0v) is 6.78. The molecule has 0 aromatic carbocycles. The summed E-state index contributed by atoms with van der Waals surface area (Å²) in [4.78, 5) is 10.2. The van der Waals surface area contributed by atoms with Gasteiger partial charge in [-0.25, -0.2) is 4.79 Å². The number of rotatable bonds is 1. The Bertz CT molecular complexity index is 187. The first-order chi connectivity index (χ1) is 4.54. The molecule has 3 aliphatic rings. The Morgan fingerprint density at radius 1 is 1.45 bits per heavy atom. The van der Waals surface area contributed by atoms with Crippen LogP contribution in [0.3, 0.4) is 0 Å². The van der Waals surface area contributed by atoms with Gasteiger partial charge in [0.25, 0.3) is 0 Å². The average Bonchev–Trinajstić information content (AvgIpc) is 1.56. The van der Waals surface area contributed by atoms with E-state index < -0.39 is 6.09 Å². The fourth-order valence-corrected chi connectivity index (χ4v) is 2.23. The molecule has 0 saturated heterocycles. The third-order valence-corrected chi connectivity index (χ3v) is 2.44. The van der Waals surface area contributed by atoms with Gasteiger partial charge in [-0.05, 0) is 19.3 Å². The predicted octanol–water partition coefficient (Wildman–Crippen LogP) is 0.310. The normalized spacial score (nSPS) is 44.5. The van der Waals surface area contributed by atoms with E-state index in [1.165, 1.54) is 0 Å². The molecule has 3 saturated carbocycles.